The highest BCUT2D eigenvalue weighted by molar-refractivity contribution is 5.91. The van der Waals surface area contributed by atoms with E-state index in [1.165, 1.54) is 0 Å². The largest absolute Gasteiger partial charge is 0.461 e. The molecule has 6 heteroatoms. The van der Waals surface area contributed by atoms with Crippen molar-refractivity contribution in [2.75, 3.05) is 38.2 Å². The first-order chi connectivity index (χ1) is 10.6. The van der Waals surface area contributed by atoms with Gasteiger partial charge in [-0.2, -0.15) is 0 Å². The number of nitrogens with one attached hydrogen (secondary N) is 1. The van der Waals surface area contributed by atoms with Gasteiger partial charge in [-0.15, -0.1) is 0 Å². The van der Waals surface area contributed by atoms with Crippen LogP contribution >= 0.6 is 0 Å². The van der Waals surface area contributed by atoms with E-state index in [-0.39, 0.29) is 5.97 Å². The van der Waals surface area contributed by atoms with E-state index in [9.17, 15) is 9.59 Å². The van der Waals surface area contributed by atoms with Crippen LogP contribution in [0.4, 0.5) is 10.5 Å². The minimum Gasteiger partial charge on any atom is -0.461 e. The summed E-state index contributed by atoms with van der Waals surface area (Å²) in [6.45, 7) is 9.13. The van der Waals surface area contributed by atoms with Crippen molar-refractivity contribution >= 4 is 17.7 Å². The van der Waals surface area contributed by atoms with Gasteiger partial charge in [0, 0.05) is 12.2 Å². The quantitative estimate of drug-likeness (QED) is 0.748. The number of amides is 1. The summed E-state index contributed by atoms with van der Waals surface area (Å²) in [7, 11) is 0. The van der Waals surface area contributed by atoms with Crippen molar-refractivity contribution in [3.63, 3.8) is 0 Å². The molecule has 0 saturated carbocycles. The van der Waals surface area contributed by atoms with E-state index >= 15 is 0 Å². The molecule has 1 N–H and O–H groups in total. The molecule has 0 heterocycles. The Labute approximate surface area is 131 Å². The van der Waals surface area contributed by atoms with Crippen molar-refractivity contribution in [2.24, 2.45) is 0 Å². The fourth-order valence-corrected chi connectivity index (χ4v) is 1.87. The van der Waals surface area contributed by atoms with Crippen LogP contribution < -0.4 is 5.32 Å². The van der Waals surface area contributed by atoms with E-state index in [1.54, 1.807) is 31.2 Å². The Morgan fingerprint density at radius 2 is 1.68 bits per heavy atom. The van der Waals surface area contributed by atoms with Gasteiger partial charge in [-0.1, -0.05) is 13.8 Å². The zero-order valence-electron chi connectivity index (χ0n) is 13.4. The topological polar surface area (TPSA) is 67.9 Å². The standard InChI is InChI=1S/C16H24N2O4/c1-4-18(5-2)11-12-22-15(19)13-7-9-14(10-8-13)17-16(20)21-6-3/h7-10H,4-6,11-12H2,1-3H3,(H,17,20). The number of rotatable bonds is 8. The number of anilines is 1. The minimum absolute atomic E-state index is 0.308. The van der Waals surface area contributed by atoms with Crippen LogP contribution in [0.25, 0.3) is 0 Å². The highest BCUT2D eigenvalue weighted by Crippen LogP contribution is 2.11. The Kier molecular flexibility index (Phi) is 7.99. The molecule has 0 fully saturated rings. The number of ether oxygens (including phenoxy) is 2. The first-order valence-electron chi connectivity index (χ1n) is 7.54. The van der Waals surface area contributed by atoms with Crippen LogP contribution in [0.15, 0.2) is 24.3 Å². The molecule has 0 unspecified atom stereocenters. The van der Waals surface area contributed by atoms with Crippen molar-refractivity contribution in [1.29, 1.82) is 0 Å². The van der Waals surface area contributed by atoms with Crippen molar-refractivity contribution in [2.45, 2.75) is 20.8 Å². The molecule has 0 aliphatic rings. The molecule has 1 aromatic carbocycles. The van der Waals surface area contributed by atoms with E-state index in [1.807, 2.05) is 0 Å². The Morgan fingerprint density at radius 3 is 2.23 bits per heavy atom. The second kappa shape index (κ2) is 9.78. The lowest BCUT2D eigenvalue weighted by Crippen LogP contribution is -2.27. The van der Waals surface area contributed by atoms with Crippen molar-refractivity contribution in [3.05, 3.63) is 29.8 Å². The molecule has 0 aliphatic carbocycles. The van der Waals surface area contributed by atoms with Crippen molar-refractivity contribution in [1.82, 2.24) is 4.90 Å². The third kappa shape index (κ3) is 6.13. The van der Waals surface area contributed by atoms with Crippen LogP contribution in [0.2, 0.25) is 0 Å². The first-order valence-corrected chi connectivity index (χ1v) is 7.54. The van der Waals surface area contributed by atoms with E-state index in [0.29, 0.717) is 24.5 Å². The molecule has 0 atom stereocenters. The molecule has 0 aliphatic heterocycles. The van der Waals surface area contributed by atoms with E-state index in [4.69, 9.17) is 9.47 Å². The maximum atomic E-state index is 11.9. The lowest BCUT2D eigenvalue weighted by Gasteiger charge is -2.17. The monoisotopic (exact) mass is 308 g/mol. The van der Waals surface area contributed by atoms with Gasteiger partial charge >= 0.3 is 12.1 Å². The number of carbonyl (C=O) groups is 2. The summed E-state index contributed by atoms with van der Waals surface area (Å²) in [5.41, 5.74) is 1.02. The van der Waals surface area contributed by atoms with Gasteiger partial charge in [0.25, 0.3) is 0 Å². The van der Waals surface area contributed by atoms with Gasteiger partial charge in [-0.3, -0.25) is 5.32 Å². The van der Waals surface area contributed by atoms with Gasteiger partial charge < -0.3 is 14.4 Å². The molecule has 1 aromatic rings. The second-order valence-electron chi connectivity index (χ2n) is 4.59. The number of carbonyl (C=O) groups excluding carboxylic acids is 2. The predicted octanol–water partition coefficient (Wildman–Crippen LogP) is 2.75. The summed E-state index contributed by atoms with van der Waals surface area (Å²) < 4.78 is 10.0. The Bertz CT molecular complexity index is 470. The van der Waals surface area contributed by atoms with Crippen LogP contribution in [-0.2, 0) is 9.47 Å². The van der Waals surface area contributed by atoms with Gasteiger partial charge in [-0.25, -0.2) is 9.59 Å². The molecular formula is C16H24N2O4. The summed E-state index contributed by atoms with van der Waals surface area (Å²) in [6.07, 6.45) is -0.517. The van der Waals surface area contributed by atoms with Crippen molar-refractivity contribution < 1.29 is 19.1 Å². The molecule has 6 nitrogen and oxygen atoms in total. The third-order valence-electron chi connectivity index (χ3n) is 3.18. The van der Waals surface area contributed by atoms with Crippen LogP contribution in [0.5, 0.6) is 0 Å². The molecule has 1 amide bonds. The summed E-state index contributed by atoms with van der Waals surface area (Å²) in [4.78, 5) is 25.3. The number of hydrogen-bond donors (Lipinski definition) is 1. The normalized spacial score (nSPS) is 10.4. The third-order valence-corrected chi connectivity index (χ3v) is 3.18. The SMILES string of the molecule is CCOC(=O)Nc1ccc(C(=O)OCCN(CC)CC)cc1. The number of esters is 1. The van der Waals surface area contributed by atoms with Crippen LogP contribution in [0, 0.1) is 0 Å². The summed E-state index contributed by atoms with van der Waals surface area (Å²) >= 11 is 0. The van der Waals surface area contributed by atoms with Crippen molar-refractivity contribution in [3.8, 4) is 0 Å². The average Bonchev–Trinajstić information content (AvgIpc) is 2.52. The fourth-order valence-electron chi connectivity index (χ4n) is 1.87. The number of benzene rings is 1. The Morgan fingerprint density at radius 1 is 1.05 bits per heavy atom. The Balaban J connectivity index is 2.45. The van der Waals surface area contributed by atoms with Gasteiger partial charge in [0.1, 0.15) is 6.61 Å². The minimum atomic E-state index is -0.517. The number of nitrogens with zero attached hydrogens (tertiary/aromatic N) is 1. The molecule has 0 radical (unpaired) electrons. The predicted molar refractivity (Wildman–Crippen MR) is 85.2 cm³/mol. The summed E-state index contributed by atoms with van der Waals surface area (Å²) in [6, 6.07) is 6.50. The van der Waals surface area contributed by atoms with E-state index < -0.39 is 6.09 Å². The number of hydrogen-bond acceptors (Lipinski definition) is 5. The van der Waals surface area contributed by atoms with Crippen LogP contribution in [0.3, 0.4) is 0 Å². The van der Waals surface area contributed by atoms with Gasteiger partial charge in [0.05, 0.1) is 12.2 Å². The van der Waals surface area contributed by atoms with Crippen LogP contribution in [0.1, 0.15) is 31.1 Å². The molecule has 122 valence electrons. The fraction of sp³-hybridized carbons (Fsp3) is 0.500. The number of likely N-dealkylation sites (N-methyl/N-ethyl adjacent to an activating group) is 1. The van der Waals surface area contributed by atoms with Crippen LogP contribution in [-0.4, -0.2) is 49.8 Å². The van der Waals surface area contributed by atoms with E-state index in [0.717, 1.165) is 19.6 Å². The van der Waals surface area contributed by atoms with Gasteiger partial charge in [0.2, 0.25) is 0 Å². The lowest BCUT2D eigenvalue weighted by atomic mass is 10.2. The molecule has 22 heavy (non-hydrogen) atoms. The van der Waals surface area contributed by atoms with Gasteiger partial charge in [0.15, 0.2) is 0 Å². The maximum Gasteiger partial charge on any atom is 0.411 e. The van der Waals surface area contributed by atoms with Gasteiger partial charge in [-0.05, 0) is 44.3 Å². The lowest BCUT2D eigenvalue weighted by molar-refractivity contribution is 0.0466. The highest BCUT2D eigenvalue weighted by Gasteiger charge is 2.09. The highest BCUT2D eigenvalue weighted by atomic mass is 16.5. The average molecular weight is 308 g/mol. The molecule has 0 saturated heterocycles. The summed E-state index contributed by atoms with van der Waals surface area (Å²) in [5.74, 6) is -0.366. The first kappa shape index (κ1) is 18.0. The zero-order chi connectivity index (χ0) is 16.4. The molecule has 0 aromatic heterocycles. The molecule has 0 bridgehead atoms. The van der Waals surface area contributed by atoms with E-state index in [2.05, 4.69) is 24.1 Å². The molecular weight excluding hydrogens is 284 g/mol. The Hall–Kier alpha value is -2.08. The zero-order valence-corrected chi connectivity index (χ0v) is 13.4. The second-order valence-corrected chi connectivity index (χ2v) is 4.59. The smallest absolute Gasteiger partial charge is 0.411 e. The summed E-state index contributed by atoms with van der Waals surface area (Å²) in [5, 5.41) is 2.56. The maximum absolute atomic E-state index is 11.9. The molecule has 0 spiro atoms. The molecule has 1 rings (SSSR count).